The molecule has 0 aromatic rings. The van der Waals surface area contributed by atoms with Gasteiger partial charge in [0, 0.05) is 12.1 Å². The first-order valence-electron chi connectivity index (χ1n) is 5.37. The molecule has 6 nitrogen and oxygen atoms in total. The molecule has 0 radical (unpaired) electrons. The lowest BCUT2D eigenvalue weighted by atomic mass is 10.4. The summed E-state index contributed by atoms with van der Waals surface area (Å²) in [5.41, 5.74) is 0. The van der Waals surface area contributed by atoms with Crippen molar-refractivity contribution in [2.24, 2.45) is 0 Å². The van der Waals surface area contributed by atoms with Gasteiger partial charge in [0.05, 0.1) is 12.0 Å². The van der Waals surface area contributed by atoms with Crippen LogP contribution in [0.5, 0.6) is 0 Å². The normalized spacial score (nSPS) is 12.5. The van der Waals surface area contributed by atoms with Gasteiger partial charge in [0.15, 0.2) is 0 Å². The molecule has 106 valence electrons. The third-order valence-corrected chi connectivity index (χ3v) is 3.74. The quantitative estimate of drug-likeness (QED) is 0.760. The predicted octanol–water partition coefficient (Wildman–Crippen LogP) is 0.278. The van der Waals surface area contributed by atoms with Gasteiger partial charge in [-0.15, -0.1) is 0 Å². The van der Waals surface area contributed by atoms with Crippen molar-refractivity contribution in [3.8, 4) is 0 Å². The standard InChI is InChI=1S/C5H13NO2S.C4H11NO2S/c1-4-9(7,8)6-5(2)3;1-4(2)5-8(3,6)7/h5-6H,4H2,1-3H3;4-5H,1-3H3. The Morgan fingerprint density at radius 1 is 0.882 bits per heavy atom. The molecule has 0 aliphatic carbocycles. The second-order valence-corrected chi connectivity index (χ2v) is 8.04. The van der Waals surface area contributed by atoms with Gasteiger partial charge < -0.3 is 0 Å². The summed E-state index contributed by atoms with van der Waals surface area (Å²) in [6.07, 6.45) is 1.15. The number of hydrogen-bond donors (Lipinski definition) is 2. The Kier molecular flexibility index (Phi) is 9.04. The van der Waals surface area contributed by atoms with Gasteiger partial charge in [-0.2, -0.15) is 0 Å². The van der Waals surface area contributed by atoms with Crippen molar-refractivity contribution in [3.63, 3.8) is 0 Å². The molecule has 0 aromatic heterocycles. The van der Waals surface area contributed by atoms with E-state index in [-0.39, 0.29) is 17.8 Å². The van der Waals surface area contributed by atoms with Crippen LogP contribution in [0.2, 0.25) is 0 Å². The molecule has 0 fully saturated rings. The molecule has 0 atom stereocenters. The maximum atomic E-state index is 10.7. The zero-order valence-electron chi connectivity index (χ0n) is 11.3. The van der Waals surface area contributed by atoms with Crippen LogP contribution in [0.3, 0.4) is 0 Å². The van der Waals surface area contributed by atoms with Crippen LogP contribution in [0.4, 0.5) is 0 Å². The van der Waals surface area contributed by atoms with Gasteiger partial charge in [0.25, 0.3) is 0 Å². The average Bonchev–Trinajstić information content (AvgIpc) is 1.97. The van der Waals surface area contributed by atoms with Crippen LogP contribution < -0.4 is 9.44 Å². The Morgan fingerprint density at radius 3 is 1.29 bits per heavy atom. The molecule has 2 N–H and O–H groups in total. The van der Waals surface area contributed by atoms with Gasteiger partial charge in [-0.3, -0.25) is 0 Å². The van der Waals surface area contributed by atoms with E-state index >= 15 is 0 Å². The van der Waals surface area contributed by atoms with Gasteiger partial charge in [-0.25, -0.2) is 26.3 Å². The lowest BCUT2D eigenvalue weighted by molar-refractivity contribution is 0.570. The average molecular weight is 288 g/mol. The van der Waals surface area contributed by atoms with E-state index in [2.05, 4.69) is 9.44 Å². The summed E-state index contributed by atoms with van der Waals surface area (Å²) in [6.45, 7) is 8.77. The van der Waals surface area contributed by atoms with Crippen LogP contribution in [0.25, 0.3) is 0 Å². The first-order chi connectivity index (χ1) is 7.39. The van der Waals surface area contributed by atoms with Crippen LogP contribution in [0.15, 0.2) is 0 Å². The first-order valence-corrected chi connectivity index (χ1v) is 8.91. The van der Waals surface area contributed by atoms with Crippen molar-refractivity contribution in [2.45, 2.75) is 46.7 Å². The minimum Gasteiger partial charge on any atom is -0.213 e. The number of rotatable bonds is 5. The van der Waals surface area contributed by atoms with Crippen molar-refractivity contribution in [2.75, 3.05) is 12.0 Å². The van der Waals surface area contributed by atoms with E-state index in [1.54, 1.807) is 34.6 Å². The molecule has 0 amide bonds. The van der Waals surface area contributed by atoms with Crippen LogP contribution >= 0.6 is 0 Å². The highest BCUT2D eigenvalue weighted by Crippen LogP contribution is 1.85. The molecule has 0 bridgehead atoms. The lowest BCUT2D eigenvalue weighted by Crippen LogP contribution is -2.31. The van der Waals surface area contributed by atoms with E-state index in [0.717, 1.165) is 6.26 Å². The molecule has 0 rings (SSSR count). The fourth-order valence-corrected chi connectivity index (χ4v) is 2.61. The number of nitrogens with one attached hydrogen (secondary N) is 2. The molecule has 0 saturated carbocycles. The molecule has 0 heterocycles. The Bertz CT molecular complexity index is 385. The maximum Gasteiger partial charge on any atom is 0.211 e. The van der Waals surface area contributed by atoms with Crippen molar-refractivity contribution < 1.29 is 16.8 Å². The van der Waals surface area contributed by atoms with E-state index in [4.69, 9.17) is 0 Å². The zero-order valence-corrected chi connectivity index (χ0v) is 12.9. The third-order valence-electron chi connectivity index (χ3n) is 1.25. The summed E-state index contributed by atoms with van der Waals surface area (Å²) >= 11 is 0. The molecule has 0 saturated heterocycles. The smallest absolute Gasteiger partial charge is 0.211 e. The van der Waals surface area contributed by atoms with Gasteiger partial charge in [-0.05, 0) is 34.6 Å². The molecule has 8 heteroatoms. The summed E-state index contributed by atoms with van der Waals surface area (Å²) < 4.78 is 46.9. The van der Waals surface area contributed by atoms with Crippen molar-refractivity contribution in [3.05, 3.63) is 0 Å². The van der Waals surface area contributed by atoms with Gasteiger partial charge in [0.1, 0.15) is 0 Å². The molecule has 0 aliphatic heterocycles. The molecule has 0 spiro atoms. The van der Waals surface area contributed by atoms with E-state index in [0.29, 0.717) is 0 Å². The lowest BCUT2D eigenvalue weighted by Gasteiger charge is -2.05. The summed E-state index contributed by atoms with van der Waals surface area (Å²) in [7, 11) is -5.94. The largest absolute Gasteiger partial charge is 0.213 e. The maximum absolute atomic E-state index is 10.7. The highest BCUT2D eigenvalue weighted by molar-refractivity contribution is 7.89. The molecular formula is C9H24N2O4S2. The van der Waals surface area contributed by atoms with Crippen LogP contribution in [0, 0.1) is 0 Å². The summed E-state index contributed by atoms with van der Waals surface area (Å²) in [5.74, 6) is 0.158. The Hall–Kier alpha value is -0.180. The fourth-order valence-electron chi connectivity index (χ4n) is 0.871. The molecular weight excluding hydrogens is 264 g/mol. The highest BCUT2D eigenvalue weighted by Gasteiger charge is 2.06. The van der Waals surface area contributed by atoms with Gasteiger partial charge in [-0.1, -0.05) is 0 Å². The highest BCUT2D eigenvalue weighted by atomic mass is 32.2. The Labute approximate surface area is 105 Å². The van der Waals surface area contributed by atoms with Gasteiger partial charge >= 0.3 is 0 Å². The van der Waals surface area contributed by atoms with E-state index < -0.39 is 20.0 Å². The number of hydrogen-bond acceptors (Lipinski definition) is 4. The van der Waals surface area contributed by atoms with Crippen molar-refractivity contribution in [1.29, 1.82) is 0 Å². The van der Waals surface area contributed by atoms with Crippen LogP contribution in [0.1, 0.15) is 34.6 Å². The summed E-state index contributed by atoms with van der Waals surface area (Å²) in [4.78, 5) is 0. The first kappa shape index (κ1) is 19.2. The molecule has 17 heavy (non-hydrogen) atoms. The fraction of sp³-hybridized carbons (Fsp3) is 1.00. The predicted molar refractivity (Wildman–Crippen MR) is 70.8 cm³/mol. The summed E-state index contributed by atoms with van der Waals surface area (Å²) in [5, 5.41) is 0. The van der Waals surface area contributed by atoms with Crippen LogP contribution in [-0.4, -0.2) is 40.9 Å². The Morgan fingerprint density at radius 2 is 1.24 bits per heavy atom. The molecule has 0 aromatic carbocycles. The zero-order chi connectivity index (χ0) is 14.3. The molecule has 0 unspecified atom stereocenters. The Balaban J connectivity index is 0. The molecule has 0 aliphatic rings. The number of sulfonamides is 2. The summed E-state index contributed by atoms with van der Waals surface area (Å²) in [6, 6.07) is 0.0138. The minimum atomic E-state index is -2.97. The second-order valence-electron chi connectivity index (χ2n) is 4.22. The van der Waals surface area contributed by atoms with Crippen molar-refractivity contribution >= 4 is 20.0 Å². The van der Waals surface area contributed by atoms with E-state index in [1.807, 2.05) is 0 Å². The van der Waals surface area contributed by atoms with Crippen molar-refractivity contribution in [1.82, 2.24) is 9.44 Å². The SMILES string of the molecule is CC(C)NS(C)(=O)=O.CCS(=O)(=O)NC(C)C. The second kappa shape index (κ2) is 8.02. The van der Waals surface area contributed by atoms with Gasteiger partial charge in [0.2, 0.25) is 20.0 Å². The monoisotopic (exact) mass is 288 g/mol. The third kappa shape index (κ3) is 18.4. The van der Waals surface area contributed by atoms with E-state index in [1.165, 1.54) is 0 Å². The minimum absolute atomic E-state index is 0.00463. The topological polar surface area (TPSA) is 92.3 Å². The van der Waals surface area contributed by atoms with E-state index in [9.17, 15) is 16.8 Å². The van der Waals surface area contributed by atoms with Crippen LogP contribution in [-0.2, 0) is 20.0 Å².